The van der Waals surface area contributed by atoms with Crippen molar-refractivity contribution in [2.24, 2.45) is 13.0 Å². The average Bonchev–Trinajstić information content (AvgIpc) is 3.54. The third-order valence-corrected chi connectivity index (χ3v) is 8.37. The minimum atomic E-state index is -4.19. The second-order valence-corrected chi connectivity index (χ2v) is 10.2. The number of benzene rings is 1. The maximum Gasteiger partial charge on any atom is 0.271 e. The van der Waals surface area contributed by atoms with Gasteiger partial charge in [-0.05, 0) is 51.7 Å². The molecule has 1 saturated carbocycles. The second kappa shape index (κ2) is 9.62. The average molecular weight is 481 g/mol. The minimum absolute atomic E-state index is 0.0165. The van der Waals surface area contributed by atoms with E-state index in [1.54, 1.807) is 11.8 Å². The van der Waals surface area contributed by atoms with Crippen molar-refractivity contribution < 1.29 is 18.0 Å². The lowest BCUT2D eigenvalue weighted by Crippen LogP contribution is -2.41. The standard InChI is InChI=1S/C22H29ClN4O4S/c1-5-26(32(30,31)21-15(2)24-25(4)22(21)23)19(28)13-14-20(29)27(16(3)17-11-12-17)18-9-7-6-8-10-18/h6-10,16-17H,5,11-14H2,1-4H3. The summed E-state index contributed by atoms with van der Waals surface area (Å²) in [4.78, 5) is 27.6. The zero-order valence-electron chi connectivity index (χ0n) is 18.8. The van der Waals surface area contributed by atoms with E-state index in [9.17, 15) is 18.0 Å². The van der Waals surface area contributed by atoms with Gasteiger partial charge in [0, 0.05) is 38.2 Å². The number of para-hydroxylation sites is 1. The smallest absolute Gasteiger partial charge is 0.271 e. The number of aromatic nitrogens is 2. The number of carbonyl (C=O) groups is 2. The molecule has 174 valence electrons. The van der Waals surface area contributed by atoms with Crippen molar-refractivity contribution in [3.63, 3.8) is 0 Å². The fraction of sp³-hybridized carbons (Fsp3) is 0.500. The Bertz CT molecular complexity index is 1100. The first-order valence-corrected chi connectivity index (χ1v) is 12.5. The molecule has 1 unspecified atom stereocenters. The Hall–Kier alpha value is -2.39. The Morgan fingerprint density at radius 1 is 1.19 bits per heavy atom. The van der Waals surface area contributed by atoms with Crippen molar-refractivity contribution in [3.8, 4) is 0 Å². The Labute approximate surface area is 194 Å². The highest BCUT2D eigenvalue weighted by Gasteiger charge is 2.37. The summed E-state index contributed by atoms with van der Waals surface area (Å²) in [5.41, 5.74) is 0.996. The van der Waals surface area contributed by atoms with E-state index in [1.165, 1.54) is 18.7 Å². The fourth-order valence-corrected chi connectivity index (χ4v) is 6.08. The largest absolute Gasteiger partial charge is 0.309 e. The molecule has 0 N–H and O–H groups in total. The van der Waals surface area contributed by atoms with E-state index in [0.717, 1.165) is 22.8 Å². The maximum absolute atomic E-state index is 13.1. The first-order valence-electron chi connectivity index (χ1n) is 10.7. The van der Waals surface area contributed by atoms with Crippen molar-refractivity contribution in [2.45, 2.75) is 57.4 Å². The molecule has 0 aliphatic heterocycles. The minimum Gasteiger partial charge on any atom is -0.309 e. The van der Waals surface area contributed by atoms with Gasteiger partial charge in [0.25, 0.3) is 10.0 Å². The van der Waals surface area contributed by atoms with Crippen LogP contribution < -0.4 is 4.90 Å². The molecule has 1 heterocycles. The summed E-state index contributed by atoms with van der Waals surface area (Å²) >= 11 is 6.13. The highest BCUT2D eigenvalue weighted by molar-refractivity contribution is 7.89. The molecule has 1 atom stereocenters. The van der Waals surface area contributed by atoms with Gasteiger partial charge in [-0.25, -0.2) is 12.7 Å². The van der Waals surface area contributed by atoms with Crippen LogP contribution in [0.1, 0.15) is 45.2 Å². The number of sulfonamides is 1. The summed E-state index contributed by atoms with van der Waals surface area (Å²) < 4.78 is 28.3. The molecule has 1 aliphatic rings. The number of hydrogen-bond donors (Lipinski definition) is 0. The fourth-order valence-electron chi connectivity index (χ4n) is 3.94. The van der Waals surface area contributed by atoms with E-state index < -0.39 is 15.9 Å². The Balaban J connectivity index is 1.77. The lowest BCUT2D eigenvalue weighted by molar-refractivity contribution is -0.129. The van der Waals surface area contributed by atoms with Crippen molar-refractivity contribution in [1.29, 1.82) is 0 Å². The van der Waals surface area contributed by atoms with Crippen LogP contribution >= 0.6 is 11.6 Å². The third-order valence-electron chi connectivity index (χ3n) is 5.78. The van der Waals surface area contributed by atoms with E-state index in [4.69, 9.17) is 11.6 Å². The molecule has 1 aromatic heterocycles. The molecular formula is C22H29ClN4O4S. The predicted octanol–water partition coefficient (Wildman–Crippen LogP) is 3.53. The SMILES string of the molecule is CCN(C(=O)CCC(=O)N(c1ccccc1)C(C)C1CC1)S(=O)(=O)c1c(C)nn(C)c1Cl. The van der Waals surface area contributed by atoms with Crippen LogP contribution in [0.15, 0.2) is 35.2 Å². The molecule has 2 aromatic rings. The molecule has 1 aromatic carbocycles. The molecular weight excluding hydrogens is 452 g/mol. The van der Waals surface area contributed by atoms with Crippen LogP contribution in [0.2, 0.25) is 5.15 Å². The zero-order valence-corrected chi connectivity index (χ0v) is 20.4. The number of carbonyl (C=O) groups excluding carboxylic acids is 2. The van der Waals surface area contributed by atoms with Crippen LogP contribution in [0.25, 0.3) is 0 Å². The highest BCUT2D eigenvalue weighted by Crippen LogP contribution is 2.37. The first-order chi connectivity index (χ1) is 15.1. The van der Waals surface area contributed by atoms with Gasteiger partial charge >= 0.3 is 0 Å². The topological polar surface area (TPSA) is 92.6 Å². The number of aryl methyl sites for hydroxylation is 2. The maximum atomic E-state index is 13.1. The van der Waals surface area contributed by atoms with Crippen LogP contribution in [0, 0.1) is 12.8 Å². The summed E-state index contributed by atoms with van der Waals surface area (Å²) in [5.74, 6) is -0.404. The normalized spacial score (nSPS) is 14.8. The van der Waals surface area contributed by atoms with Crippen molar-refractivity contribution in [1.82, 2.24) is 14.1 Å². The monoisotopic (exact) mass is 480 g/mol. The summed E-state index contributed by atoms with van der Waals surface area (Å²) in [5, 5.41) is 3.98. The van der Waals surface area contributed by atoms with E-state index in [1.807, 2.05) is 37.3 Å². The molecule has 1 aliphatic carbocycles. The van der Waals surface area contributed by atoms with Crippen LogP contribution in [0.5, 0.6) is 0 Å². The molecule has 0 spiro atoms. The molecule has 2 amide bonds. The van der Waals surface area contributed by atoms with Gasteiger partial charge in [0.15, 0.2) is 0 Å². The Morgan fingerprint density at radius 2 is 1.78 bits per heavy atom. The van der Waals surface area contributed by atoms with E-state index in [-0.39, 0.29) is 47.1 Å². The molecule has 32 heavy (non-hydrogen) atoms. The highest BCUT2D eigenvalue weighted by atomic mass is 35.5. The van der Waals surface area contributed by atoms with Gasteiger partial charge < -0.3 is 4.90 Å². The second-order valence-electron chi connectivity index (χ2n) is 8.07. The lowest BCUT2D eigenvalue weighted by atomic mass is 10.1. The van der Waals surface area contributed by atoms with Crippen molar-refractivity contribution in [2.75, 3.05) is 11.4 Å². The number of hydrogen-bond acceptors (Lipinski definition) is 5. The van der Waals surface area contributed by atoms with Crippen LogP contribution in [0.4, 0.5) is 5.69 Å². The van der Waals surface area contributed by atoms with Crippen LogP contribution in [0.3, 0.4) is 0 Å². The predicted molar refractivity (Wildman–Crippen MR) is 123 cm³/mol. The number of anilines is 1. The summed E-state index contributed by atoms with van der Waals surface area (Å²) in [6.45, 7) is 5.04. The van der Waals surface area contributed by atoms with Crippen molar-refractivity contribution >= 4 is 39.1 Å². The van der Waals surface area contributed by atoms with Crippen LogP contribution in [-0.2, 0) is 26.7 Å². The molecule has 8 nitrogen and oxygen atoms in total. The van der Waals surface area contributed by atoms with Gasteiger partial charge in [-0.3, -0.25) is 14.3 Å². The lowest BCUT2D eigenvalue weighted by Gasteiger charge is -2.30. The Morgan fingerprint density at radius 3 is 2.28 bits per heavy atom. The van der Waals surface area contributed by atoms with Gasteiger partial charge in [0.1, 0.15) is 10.0 Å². The molecule has 3 rings (SSSR count). The third kappa shape index (κ3) is 4.83. The number of rotatable bonds is 9. The number of nitrogens with zero attached hydrogens (tertiary/aromatic N) is 4. The summed E-state index contributed by atoms with van der Waals surface area (Å²) in [6.07, 6.45) is 1.84. The van der Waals surface area contributed by atoms with Crippen molar-refractivity contribution in [3.05, 3.63) is 41.2 Å². The van der Waals surface area contributed by atoms with Gasteiger partial charge in [-0.2, -0.15) is 5.10 Å². The van der Waals surface area contributed by atoms with E-state index in [2.05, 4.69) is 5.10 Å². The molecule has 0 saturated heterocycles. The summed E-state index contributed by atoms with van der Waals surface area (Å²) in [7, 11) is -2.66. The number of amides is 2. The number of halogens is 1. The zero-order chi connectivity index (χ0) is 23.6. The quantitative estimate of drug-likeness (QED) is 0.547. The molecule has 0 radical (unpaired) electrons. The molecule has 10 heteroatoms. The van der Waals surface area contributed by atoms with Gasteiger partial charge in [-0.1, -0.05) is 29.8 Å². The summed E-state index contributed by atoms with van der Waals surface area (Å²) in [6, 6.07) is 9.37. The van der Waals surface area contributed by atoms with Gasteiger partial charge in [0.05, 0.1) is 5.69 Å². The van der Waals surface area contributed by atoms with Gasteiger partial charge in [0.2, 0.25) is 11.8 Å². The first kappa shape index (κ1) is 24.3. The van der Waals surface area contributed by atoms with Crippen LogP contribution in [-0.4, -0.2) is 46.9 Å². The van der Waals surface area contributed by atoms with E-state index in [0.29, 0.717) is 5.92 Å². The Kier molecular flexibility index (Phi) is 7.29. The molecule has 0 bridgehead atoms. The van der Waals surface area contributed by atoms with Gasteiger partial charge in [-0.15, -0.1) is 0 Å². The molecule has 1 fully saturated rings. The van der Waals surface area contributed by atoms with E-state index >= 15 is 0 Å².